The molecule has 1 N–H and O–H groups in total. The second-order valence-corrected chi connectivity index (χ2v) is 5.10. The highest BCUT2D eigenvalue weighted by atomic mass is 79.9. The van der Waals surface area contributed by atoms with Crippen LogP contribution >= 0.6 is 15.9 Å². The van der Waals surface area contributed by atoms with Gasteiger partial charge in [0.15, 0.2) is 0 Å². The number of H-pyrrole nitrogens is 1. The SMILES string of the molecule is CC(C)c1nc(Oc2ccc(Br)cc2)cc(=O)[nH]1. The van der Waals surface area contributed by atoms with Gasteiger partial charge in [-0.1, -0.05) is 29.8 Å². The van der Waals surface area contributed by atoms with E-state index in [-0.39, 0.29) is 11.5 Å². The van der Waals surface area contributed by atoms with Gasteiger partial charge in [-0.25, -0.2) is 0 Å². The number of nitrogens with zero attached hydrogens (tertiary/aromatic N) is 1. The molecule has 1 aromatic heterocycles. The third-order valence-corrected chi connectivity index (χ3v) is 2.85. The molecule has 0 aliphatic rings. The lowest BCUT2D eigenvalue weighted by atomic mass is 10.2. The maximum atomic E-state index is 11.5. The average molecular weight is 309 g/mol. The molecule has 0 aliphatic heterocycles. The topological polar surface area (TPSA) is 55.0 Å². The monoisotopic (exact) mass is 308 g/mol. The predicted octanol–water partition coefficient (Wildman–Crippen LogP) is 3.45. The van der Waals surface area contributed by atoms with Gasteiger partial charge in [0.05, 0.1) is 6.07 Å². The largest absolute Gasteiger partial charge is 0.439 e. The van der Waals surface area contributed by atoms with Crippen LogP contribution in [0.25, 0.3) is 0 Å². The van der Waals surface area contributed by atoms with Gasteiger partial charge in [0.2, 0.25) is 5.88 Å². The molecule has 0 atom stereocenters. The molecule has 94 valence electrons. The fourth-order valence-corrected chi connectivity index (χ4v) is 1.67. The zero-order valence-corrected chi connectivity index (χ0v) is 11.7. The maximum absolute atomic E-state index is 11.5. The Labute approximate surface area is 113 Å². The van der Waals surface area contributed by atoms with Crippen LogP contribution in [0.2, 0.25) is 0 Å². The molecule has 0 bridgehead atoms. The van der Waals surface area contributed by atoms with Crippen molar-refractivity contribution in [3.8, 4) is 11.6 Å². The van der Waals surface area contributed by atoms with Crippen LogP contribution < -0.4 is 10.3 Å². The van der Waals surface area contributed by atoms with E-state index in [1.807, 2.05) is 38.1 Å². The lowest BCUT2D eigenvalue weighted by Crippen LogP contribution is -2.11. The van der Waals surface area contributed by atoms with E-state index in [9.17, 15) is 4.79 Å². The molecule has 2 aromatic rings. The molecule has 0 saturated carbocycles. The fraction of sp³-hybridized carbons (Fsp3) is 0.231. The van der Waals surface area contributed by atoms with E-state index in [1.165, 1.54) is 6.07 Å². The third-order valence-electron chi connectivity index (χ3n) is 2.32. The smallest absolute Gasteiger partial charge is 0.254 e. The van der Waals surface area contributed by atoms with E-state index >= 15 is 0 Å². The first kappa shape index (κ1) is 12.8. The minimum atomic E-state index is -0.208. The summed E-state index contributed by atoms with van der Waals surface area (Å²) >= 11 is 3.35. The molecule has 4 nitrogen and oxygen atoms in total. The van der Waals surface area contributed by atoms with Crippen molar-refractivity contribution in [1.82, 2.24) is 9.97 Å². The van der Waals surface area contributed by atoms with E-state index in [2.05, 4.69) is 25.9 Å². The summed E-state index contributed by atoms with van der Waals surface area (Å²) in [6.45, 7) is 3.92. The van der Waals surface area contributed by atoms with Crippen LogP contribution in [0.3, 0.4) is 0 Å². The van der Waals surface area contributed by atoms with Gasteiger partial charge in [-0.05, 0) is 24.3 Å². The minimum absolute atomic E-state index is 0.145. The van der Waals surface area contributed by atoms with Crippen molar-refractivity contribution in [2.45, 2.75) is 19.8 Å². The molecule has 0 fully saturated rings. The van der Waals surface area contributed by atoms with Crippen LogP contribution in [0.1, 0.15) is 25.6 Å². The van der Waals surface area contributed by atoms with Crippen LogP contribution in [0.15, 0.2) is 39.6 Å². The van der Waals surface area contributed by atoms with Crippen LogP contribution in [-0.2, 0) is 0 Å². The van der Waals surface area contributed by atoms with Gasteiger partial charge < -0.3 is 9.72 Å². The molecular formula is C13H13BrN2O2. The fourth-order valence-electron chi connectivity index (χ4n) is 1.40. The number of halogens is 1. The number of nitrogens with one attached hydrogen (secondary N) is 1. The summed E-state index contributed by atoms with van der Waals surface area (Å²) in [6.07, 6.45) is 0. The third kappa shape index (κ3) is 3.20. The van der Waals surface area contributed by atoms with E-state index < -0.39 is 0 Å². The molecule has 5 heteroatoms. The first-order valence-electron chi connectivity index (χ1n) is 5.59. The zero-order chi connectivity index (χ0) is 13.1. The molecule has 1 heterocycles. The van der Waals surface area contributed by atoms with Gasteiger partial charge in [-0.15, -0.1) is 0 Å². The Morgan fingerprint density at radius 3 is 2.56 bits per heavy atom. The van der Waals surface area contributed by atoms with Crippen molar-refractivity contribution < 1.29 is 4.74 Å². The van der Waals surface area contributed by atoms with Crippen molar-refractivity contribution in [2.24, 2.45) is 0 Å². The molecule has 0 unspecified atom stereocenters. The van der Waals surface area contributed by atoms with Gasteiger partial charge >= 0.3 is 0 Å². The second kappa shape index (κ2) is 5.35. The van der Waals surface area contributed by atoms with E-state index in [0.717, 1.165) is 4.47 Å². The highest BCUT2D eigenvalue weighted by molar-refractivity contribution is 9.10. The standard InChI is InChI=1S/C13H13BrN2O2/c1-8(2)13-15-11(17)7-12(16-13)18-10-5-3-9(14)4-6-10/h3-8H,1-2H3,(H,15,16,17). The van der Waals surface area contributed by atoms with Crippen LogP contribution in [-0.4, -0.2) is 9.97 Å². The summed E-state index contributed by atoms with van der Waals surface area (Å²) in [7, 11) is 0. The molecule has 2 rings (SSSR count). The van der Waals surface area contributed by atoms with Crippen molar-refractivity contribution >= 4 is 15.9 Å². The molecule has 1 aromatic carbocycles. The highest BCUT2D eigenvalue weighted by Crippen LogP contribution is 2.21. The number of hydrogen-bond donors (Lipinski definition) is 1. The summed E-state index contributed by atoms with van der Waals surface area (Å²) in [6, 6.07) is 8.69. The number of ether oxygens (including phenoxy) is 1. The number of aromatic nitrogens is 2. The highest BCUT2D eigenvalue weighted by Gasteiger charge is 2.06. The van der Waals surface area contributed by atoms with Crippen molar-refractivity contribution in [1.29, 1.82) is 0 Å². The lowest BCUT2D eigenvalue weighted by Gasteiger charge is -2.08. The summed E-state index contributed by atoms with van der Waals surface area (Å²) in [4.78, 5) is 18.4. The normalized spacial score (nSPS) is 10.7. The Morgan fingerprint density at radius 2 is 1.94 bits per heavy atom. The van der Waals surface area contributed by atoms with Gasteiger partial charge in [-0.3, -0.25) is 4.79 Å². The van der Waals surface area contributed by atoms with E-state index in [0.29, 0.717) is 17.5 Å². The van der Waals surface area contributed by atoms with Crippen LogP contribution in [0, 0.1) is 0 Å². The Kier molecular flexibility index (Phi) is 3.81. The Bertz CT molecular complexity index is 591. The van der Waals surface area contributed by atoms with E-state index in [1.54, 1.807) is 0 Å². The summed E-state index contributed by atoms with van der Waals surface area (Å²) in [5, 5.41) is 0. The Hall–Kier alpha value is -1.62. The number of rotatable bonds is 3. The molecule has 18 heavy (non-hydrogen) atoms. The number of aromatic amines is 1. The van der Waals surface area contributed by atoms with Gasteiger partial charge in [0.1, 0.15) is 11.6 Å². The summed E-state index contributed by atoms with van der Waals surface area (Å²) in [5.41, 5.74) is -0.208. The zero-order valence-electron chi connectivity index (χ0n) is 10.1. The molecule has 0 spiro atoms. The Balaban J connectivity index is 2.28. The average Bonchev–Trinajstić information content (AvgIpc) is 2.31. The van der Waals surface area contributed by atoms with Gasteiger partial charge in [-0.2, -0.15) is 4.98 Å². The van der Waals surface area contributed by atoms with Gasteiger partial charge in [0, 0.05) is 10.4 Å². The molecular weight excluding hydrogens is 296 g/mol. The predicted molar refractivity (Wildman–Crippen MR) is 73.2 cm³/mol. The number of hydrogen-bond acceptors (Lipinski definition) is 3. The molecule has 0 aliphatic carbocycles. The molecule has 0 saturated heterocycles. The Morgan fingerprint density at radius 1 is 1.28 bits per heavy atom. The quantitative estimate of drug-likeness (QED) is 0.945. The second-order valence-electron chi connectivity index (χ2n) is 4.18. The minimum Gasteiger partial charge on any atom is -0.439 e. The van der Waals surface area contributed by atoms with E-state index in [4.69, 9.17) is 4.74 Å². The van der Waals surface area contributed by atoms with Crippen molar-refractivity contribution in [3.63, 3.8) is 0 Å². The summed E-state index contributed by atoms with van der Waals surface area (Å²) in [5.74, 6) is 1.72. The van der Waals surface area contributed by atoms with Crippen LogP contribution in [0.5, 0.6) is 11.6 Å². The first-order valence-corrected chi connectivity index (χ1v) is 6.38. The first-order chi connectivity index (χ1) is 8.54. The van der Waals surface area contributed by atoms with Crippen LogP contribution in [0.4, 0.5) is 0 Å². The lowest BCUT2D eigenvalue weighted by molar-refractivity contribution is 0.455. The molecule has 0 amide bonds. The molecule has 0 radical (unpaired) electrons. The van der Waals surface area contributed by atoms with Crippen molar-refractivity contribution in [3.05, 3.63) is 51.0 Å². The van der Waals surface area contributed by atoms with Crippen molar-refractivity contribution in [2.75, 3.05) is 0 Å². The maximum Gasteiger partial charge on any atom is 0.254 e. The number of benzene rings is 1. The van der Waals surface area contributed by atoms with Gasteiger partial charge in [0.25, 0.3) is 5.56 Å². The summed E-state index contributed by atoms with van der Waals surface area (Å²) < 4.78 is 6.52.